The molecular formula is C18H13BrN2O4. The molecule has 0 spiro atoms. The first kappa shape index (κ1) is 16.9. The van der Waals surface area contributed by atoms with Crippen LogP contribution in [0.5, 0.6) is 17.2 Å². The summed E-state index contributed by atoms with van der Waals surface area (Å²) < 4.78 is 16.4. The van der Waals surface area contributed by atoms with Gasteiger partial charge in [0, 0.05) is 16.2 Å². The lowest BCUT2D eigenvalue weighted by molar-refractivity contribution is -0.112. The van der Waals surface area contributed by atoms with Gasteiger partial charge in [-0.2, -0.15) is 5.26 Å². The lowest BCUT2D eigenvalue weighted by Gasteiger charge is -2.07. The topological polar surface area (TPSA) is 80.6 Å². The minimum atomic E-state index is -0.514. The van der Waals surface area contributed by atoms with Gasteiger partial charge in [0.15, 0.2) is 11.5 Å². The van der Waals surface area contributed by atoms with E-state index in [9.17, 15) is 10.1 Å². The molecule has 1 N–H and O–H groups in total. The molecule has 0 aliphatic carbocycles. The molecule has 7 heteroatoms. The Bertz CT molecular complexity index is 902. The summed E-state index contributed by atoms with van der Waals surface area (Å²) in [6.07, 6.45) is 1.49. The van der Waals surface area contributed by atoms with Gasteiger partial charge in [-0.1, -0.05) is 22.0 Å². The lowest BCUT2D eigenvalue weighted by atomic mass is 10.1. The Kier molecular flexibility index (Phi) is 4.91. The molecule has 1 aliphatic heterocycles. The van der Waals surface area contributed by atoms with Crippen molar-refractivity contribution in [2.75, 3.05) is 19.2 Å². The van der Waals surface area contributed by atoms with Crippen molar-refractivity contribution in [2.24, 2.45) is 0 Å². The van der Waals surface area contributed by atoms with Crippen LogP contribution in [0.3, 0.4) is 0 Å². The van der Waals surface area contributed by atoms with Gasteiger partial charge in [0.1, 0.15) is 17.4 Å². The van der Waals surface area contributed by atoms with E-state index < -0.39 is 5.91 Å². The number of halogens is 1. The number of carbonyl (C=O) groups excluding carboxylic acids is 1. The zero-order valence-corrected chi connectivity index (χ0v) is 14.8. The van der Waals surface area contributed by atoms with E-state index in [1.807, 2.05) is 6.07 Å². The Morgan fingerprint density at radius 3 is 2.80 bits per heavy atom. The van der Waals surface area contributed by atoms with Crippen LogP contribution in [0.4, 0.5) is 5.69 Å². The summed E-state index contributed by atoms with van der Waals surface area (Å²) in [5.41, 5.74) is 1.14. The first-order chi connectivity index (χ1) is 12.1. The number of rotatable bonds is 4. The Balaban J connectivity index is 1.85. The maximum absolute atomic E-state index is 12.4. The second-order valence-corrected chi connectivity index (χ2v) is 5.94. The van der Waals surface area contributed by atoms with Crippen molar-refractivity contribution in [1.29, 1.82) is 5.26 Å². The predicted molar refractivity (Wildman–Crippen MR) is 95.5 cm³/mol. The summed E-state index contributed by atoms with van der Waals surface area (Å²) in [5.74, 6) is 1.28. The van der Waals surface area contributed by atoms with Crippen LogP contribution < -0.4 is 19.5 Å². The smallest absolute Gasteiger partial charge is 0.266 e. The molecule has 1 aliphatic rings. The molecule has 1 amide bonds. The molecule has 0 aromatic heterocycles. The number of methoxy groups -OCH3 is 1. The van der Waals surface area contributed by atoms with Crippen molar-refractivity contribution in [1.82, 2.24) is 0 Å². The number of benzene rings is 2. The summed E-state index contributed by atoms with van der Waals surface area (Å²) in [5, 5.41) is 12.0. The second-order valence-electron chi connectivity index (χ2n) is 5.08. The van der Waals surface area contributed by atoms with E-state index >= 15 is 0 Å². The molecule has 3 rings (SSSR count). The summed E-state index contributed by atoms with van der Waals surface area (Å²) >= 11 is 3.40. The number of nitriles is 1. The van der Waals surface area contributed by atoms with Gasteiger partial charge in [-0.3, -0.25) is 4.79 Å². The average molecular weight is 401 g/mol. The summed E-state index contributed by atoms with van der Waals surface area (Å²) in [6, 6.07) is 12.3. The molecular weight excluding hydrogens is 388 g/mol. The molecule has 126 valence electrons. The maximum atomic E-state index is 12.4. The number of carbonyl (C=O) groups is 1. The fraction of sp³-hybridized carbons (Fsp3) is 0.111. The third kappa shape index (κ3) is 3.75. The number of fused-ring (bicyclic) bond motifs is 1. The largest absolute Gasteiger partial charge is 0.497 e. The van der Waals surface area contributed by atoms with Crippen LogP contribution in [-0.2, 0) is 4.79 Å². The highest BCUT2D eigenvalue weighted by Gasteiger charge is 2.17. The summed E-state index contributed by atoms with van der Waals surface area (Å²) in [7, 11) is 1.54. The van der Waals surface area contributed by atoms with Crippen LogP contribution in [0.1, 0.15) is 5.56 Å². The number of nitrogens with one attached hydrogen (secondary N) is 1. The molecule has 2 aromatic rings. The van der Waals surface area contributed by atoms with E-state index in [-0.39, 0.29) is 12.4 Å². The van der Waals surface area contributed by atoms with Crippen LogP contribution in [0.2, 0.25) is 0 Å². The third-order valence-corrected chi connectivity index (χ3v) is 4.17. The van der Waals surface area contributed by atoms with E-state index in [2.05, 4.69) is 21.2 Å². The average Bonchev–Trinajstić information content (AvgIpc) is 3.06. The van der Waals surface area contributed by atoms with Gasteiger partial charge >= 0.3 is 0 Å². The van der Waals surface area contributed by atoms with Gasteiger partial charge in [0.25, 0.3) is 5.91 Å². The molecule has 1 heterocycles. The van der Waals surface area contributed by atoms with Crippen molar-refractivity contribution in [2.45, 2.75) is 0 Å². The van der Waals surface area contributed by atoms with Crippen LogP contribution in [-0.4, -0.2) is 19.8 Å². The fourth-order valence-corrected chi connectivity index (χ4v) is 2.68. The molecule has 25 heavy (non-hydrogen) atoms. The van der Waals surface area contributed by atoms with E-state index in [0.717, 1.165) is 0 Å². The van der Waals surface area contributed by atoms with E-state index in [4.69, 9.17) is 14.2 Å². The van der Waals surface area contributed by atoms with Crippen molar-refractivity contribution in [3.8, 4) is 23.3 Å². The fourth-order valence-electron chi connectivity index (χ4n) is 2.25. The van der Waals surface area contributed by atoms with Crippen molar-refractivity contribution in [3.63, 3.8) is 0 Å². The highest BCUT2D eigenvalue weighted by molar-refractivity contribution is 9.10. The molecule has 0 bridgehead atoms. The molecule has 0 unspecified atom stereocenters. The van der Waals surface area contributed by atoms with Crippen molar-refractivity contribution in [3.05, 3.63) is 52.0 Å². The Morgan fingerprint density at radius 2 is 2.08 bits per heavy atom. The van der Waals surface area contributed by atoms with Crippen molar-refractivity contribution >= 4 is 33.6 Å². The molecule has 2 aromatic carbocycles. The number of nitrogens with zero attached hydrogens (tertiary/aromatic N) is 1. The zero-order valence-electron chi connectivity index (χ0n) is 13.2. The van der Waals surface area contributed by atoms with Gasteiger partial charge in [-0.05, 0) is 35.9 Å². The minimum Gasteiger partial charge on any atom is -0.497 e. The van der Waals surface area contributed by atoms with Gasteiger partial charge in [0.05, 0.1) is 7.11 Å². The minimum absolute atomic E-state index is 0.0395. The quantitative estimate of drug-likeness (QED) is 0.624. The Morgan fingerprint density at radius 1 is 1.32 bits per heavy atom. The van der Waals surface area contributed by atoms with E-state index in [1.54, 1.807) is 43.5 Å². The van der Waals surface area contributed by atoms with E-state index in [1.165, 1.54) is 6.08 Å². The van der Waals surface area contributed by atoms with Crippen LogP contribution in [0.25, 0.3) is 6.08 Å². The lowest BCUT2D eigenvalue weighted by Crippen LogP contribution is -2.13. The SMILES string of the molecule is COc1cccc(NC(=O)/C(C#N)=C/c2cc3c(cc2Br)OCO3)c1. The molecule has 0 saturated heterocycles. The number of ether oxygens (including phenoxy) is 3. The number of amides is 1. The van der Waals surface area contributed by atoms with Crippen molar-refractivity contribution < 1.29 is 19.0 Å². The zero-order chi connectivity index (χ0) is 17.8. The maximum Gasteiger partial charge on any atom is 0.266 e. The third-order valence-electron chi connectivity index (χ3n) is 3.48. The summed E-state index contributed by atoms with van der Waals surface area (Å²) in [6.45, 7) is 0.149. The normalized spacial score (nSPS) is 12.4. The standard InChI is InChI=1S/C18H13BrN2O4/c1-23-14-4-2-3-13(7-14)21-18(22)12(9-20)5-11-6-16-17(8-15(11)19)25-10-24-16/h2-8H,10H2,1H3,(H,21,22)/b12-5+. The monoisotopic (exact) mass is 400 g/mol. The Labute approximate surface area is 152 Å². The van der Waals surface area contributed by atoms with E-state index in [0.29, 0.717) is 33.0 Å². The highest BCUT2D eigenvalue weighted by atomic mass is 79.9. The molecule has 0 fully saturated rings. The molecule has 6 nitrogen and oxygen atoms in total. The second kappa shape index (κ2) is 7.28. The van der Waals surface area contributed by atoms with Crippen LogP contribution >= 0.6 is 15.9 Å². The molecule has 0 radical (unpaired) electrons. The van der Waals surface area contributed by atoms with Gasteiger partial charge < -0.3 is 19.5 Å². The number of hydrogen-bond donors (Lipinski definition) is 1. The number of hydrogen-bond acceptors (Lipinski definition) is 5. The Hall–Kier alpha value is -2.98. The van der Waals surface area contributed by atoms with Crippen LogP contribution in [0.15, 0.2) is 46.4 Å². The van der Waals surface area contributed by atoms with Gasteiger partial charge in [-0.15, -0.1) is 0 Å². The number of anilines is 1. The first-order valence-corrected chi connectivity index (χ1v) is 8.06. The summed E-state index contributed by atoms with van der Waals surface area (Å²) in [4.78, 5) is 12.4. The first-order valence-electron chi connectivity index (χ1n) is 7.27. The van der Waals surface area contributed by atoms with Gasteiger partial charge in [0.2, 0.25) is 6.79 Å². The molecule has 0 saturated carbocycles. The highest BCUT2D eigenvalue weighted by Crippen LogP contribution is 2.37. The van der Waals surface area contributed by atoms with Gasteiger partial charge in [-0.25, -0.2) is 0 Å². The van der Waals surface area contributed by atoms with Crippen LogP contribution in [0, 0.1) is 11.3 Å². The predicted octanol–water partition coefficient (Wildman–Crippen LogP) is 3.73. The molecule has 0 atom stereocenters.